The van der Waals surface area contributed by atoms with Crippen LogP contribution in [0.2, 0.25) is 0 Å². The summed E-state index contributed by atoms with van der Waals surface area (Å²) in [5.41, 5.74) is 0. The standard InChI is InChI=1S/C7H16O2.C2H4O2/c1-3-4-5-9-6-7(2)8;1-2(3)4/h7-8H,3-6H2,1-2H3;1H3,(H,3,4). The van der Waals surface area contributed by atoms with Crippen LogP contribution in [-0.2, 0) is 9.53 Å². The molecule has 4 heteroatoms. The summed E-state index contributed by atoms with van der Waals surface area (Å²) in [5.74, 6) is -0.833. The number of aliphatic hydroxyl groups is 1. The Morgan fingerprint density at radius 2 is 2.00 bits per heavy atom. The lowest BCUT2D eigenvalue weighted by molar-refractivity contribution is -0.134. The fourth-order valence-electron chi connectivity index (χ4n) is 0.500. The lowest BCUT2D eigenvalue weighted by atomic mass is 10.4. The molecule has 0 aliphatic carbocycles. The fraction of sp³-hybridized carbons (Fsp3) is 0.889. The van der Waals surface area contributed by atoms with Crippen molar-refractivity contribution in [2.24, 2.45) is 0 Å². The highest BCUT2D eigenvalue weighted by Gasteiger charge is 1.92. The molecule has 0 saturated carbocycles. The van der Waals surface area contributed by atoms with Crippen LogP contribution in [0.5, 0.6) is 0 Å². The summed E-state index contributed by atoms with van der Waals surface area (Å²) in [4.78, 5) is 9.00. The van der Waals surface area contributed by atoms with Crippen molar-refractivity contribution >= 4 is 5.97 Å². The van der Waals surface area contributed by atoms with Gasteiger partial charge >= 0.3 is 0 Å². The number of hydrogen-bond donors (Lipinski definition) is 2. The highest BCUT2D eigenvalue weighted by molar-refractivity contribution is 5.62. The van der Waals surface area contributed by atoms with E-state index in [-0.39, 0.29) is 6.10 Å². The molecule has 0 bridgehead atoms. The number of carboxylic acid groups (broad SMARTS) is 1. The van der Waals surface area contributed by atoms with E-state index >= 15 is 0 Å². The maximum absolute atomic E-state index is 9.00. The van der Waals surface area contributed by atoms with Gasteiger partial charge in [-0.3, -0.25) is 4.79 Å². The Balaban J connectivity index is 0. The van der Waals surface area contributed by atoms with Crippen molar-refractivity contribution in [3.05, 3.63) is 0 Å². The maximum Gasteiger partial charge on any atom is 0.300 e. The monoisotopic (exact) mass is 192 g/mol. The molecular formula is C9H20O4. The van der Waals surface area contributed by atoms with Crippen LogP contribution < -0.4 is 0 Å². The second kappa shape index (κ2) is 11.4. The first kappa shape index (κ1) is 14.9. The number of carbonyl (C=O) groups is 1. The first-order chi connectivity index (χ1) is 6.00. The number of hydrogen-bond acceptors (Lipinski definition) is 3. The summed E-state index contributed by atoms with van der Waals surface area (Å²) in [6.45, 7) is 6.18. The molecule has 13 heavy (non-hydrogen) atoms. The van der Waals surface area contributed by atoms with E-state index in [1.54, 1.807) is 6.92 Å². The molecule has 1 atom stereocenters. The van der Waals surface area contributed by atoms with E-state index in [9.17, 15) is 0 Å². The number of carboxylic acids is 1. The summed E-state index contributed by atoms with van der Waals surface area (Å²) < 4.78 is 5.09. The van der Waals surface area contributed by atoms with Crippen molar-refractivity contribution in [1.29, 1.82) is 0 Å². The number of ether oxygens (including phenoxy) is 1. The number of aliphatic hydroxyl groups excluding tert-OH is 1. The largest absolute Gasteiger partial charge is 0.481 e. The quantitative estimate of drug-likeness (QED) is 0.644. The second-order valence-electron chi connectivity index (χ2n) is 2.80. The molecule has 0 radical (unpaired) electrons. The van der Waals surface area contributed by atoms with E-state index in [0.29, 0.717) is 6.61 Å². The van der Waals surface area contributed by atoms with Crippen molar-refractivity contribution in [2.75, 3.05) is 13.2 Å². The lowest BCUT2D eigenvalue weighted by Crippen LogP contribution is -2.10. The average Bonchev–Trinajstić information content (AvgIpc) is 1.97. The Hall–Kier alpha value is -0.610. The van der Waals surface area contributed by atoms with Crippen molar-refractivity contribution in [2.45, 2.75) is 39.7 Å². The molecule has 0 aromatic carbocycles. The van der Waals surface area contributed by atoms with E-state index in [4.69, 9.17) is 19.7 Å². The van der Waals surface area contributed by atoms with Crippen LogP contribution in [0, 0.1) is 0 Å². The van der Waals surface area contributed by atoms with E-state index in [1.807, 2.05) is 0 Å². The minimum Gasteiger partial charge on any atom is -0.481 e. The van der Waals surface area contributed by atoms with Crippen LogP contribution in [0.3, 0.4) is 0 Å². The third-order valence-electron chi connectivity index (χ3n) is 1.00. The second-order valence-corrected chi connectivity index (χ2v) is 2.80. The van der Waals surface area contributed by atoms with E-state index < -0.39 is 5.97 Å². The van der Waals surface area contributed by atoms with Crippen molar-refractivity contribution in [3.63, 3.8) is 0 Å². The Kier molecular flexibility index (Phi) is 13.0. The average molecular weight is 192 g/mol. The van der Waals surface area contributed by atoms with Crippen LogP contribution in [0.4, 0.5) is 0 Å². The first-order valence-corrected chi connectivity index (χ1v) is 4.46. The van der Waals surface area contributed by atoms with Crippen LogP contribution in [0.25, 0.3) is 0 Å². The Morgan fingerprint density at radius 1 is 1.54 bits per heavy atom. The van der Waals surface area contributed by atoms with Gasteiger partial charge in [0, 0.05) is 13.5 Å². The summed E-state index contributed by atoms with van der Waals surface area (Å²) in [5, 5.41) is 16.1. The number of aliphatic carboxylic acids is 1. The molecule has 2 N–H and O–H groups in total. The van der Waals surface area contributed by atoms with Gasteiger partial charge in [-0.2, -0.15) is 0 Å². The molecule has 0 rings (SSSR count). The molecule has 0 aromatic heterocycles. The van der Waals surface area contributed by atoms with Crippen molar-refractivity contribution in [1.82, 2.24) is 0 Å². The van der Waals surface area contributed by atoms with Gasteiger partial charge in [-0.15, -0.1) is 0 Å². The van der Waals surface area contributed by atoms with E-state index in [1.165, 1.54) is 0 Å². The highest BCUT2D eigenvalue weighted by Crippen LogP contribution is 1.89. The lowest BCUT2D eigenvalue weighted by Gasteiger charge is -2.03. The van der Waals surface area contributed by atoms with Crippen LogP contribution >= 0.6 is 0 Å². The molecule has 4 nitrogen and oxygen atoms in total. The zero-order valence-corrected chi connectivity index (χ0v) is 8.62. The molecule has 0 fully saturated rings. The first-order valence-electron chi connectivity index (χ1n) is 4.46. The Labute approximate surface area is 79.5 Å². The van der Waals surface area contributed by atoms with E-state index in [2.05, 4.69) is 6.92 Å². The van der Waals surface area contributed by atoms with Crippen molar-refractivity contribution in [3.8, 4) is 0 Å². The molecule has 0 aliphatic rings. The predicted molar refractivity (Wildman–Crippen MR) is 50.7 cm³/mol. The third kappa shape index (κ3) is 34.6. The van der Waals surface area contributed by atoms with Gasteiger partial charge in [0.2, 0.25) is 0 Å². The van der Waals surface area contributed by atoms with Gasteiger partial charge in [-0.05, 0) is 13.3 Å². The van der Waals surface area contributed by atoms with Gasteiger partial charge in [0.05, 0.1) is 12.7 Å². The molecule has 80 valence electrons. The summed E-state index contributed by atoms with van der Waals surface area (Å²) in [6.07, 6.45) is 1.92. The molecule has 0 heterocycles. The maximum atomic E-state index is 9.00. The summed E-state index contributed by atoms with van der Waals surface area (Å²) in [7, 11) is 0. The third-order valence-corrected chi connectivity index (χ3v) is 1.00. The normalized spacial score (nSPS) is 11.4. The Bertz CT molecular complexity index is 108. The minimum absolute atomic E-state index is 0.318. The molecular weight excluding hydrogens is 172 g/mol. The smallest absolute Gasteiger partial charge is 0.300 e. The van der Waals surface area contributed by atoms with Crippen LogP contribution in [0.1, 0.15) is 33.6 Å². The van der Waals surface area contributed by atoms with Gasteiger partial charge in [-0.1, -0.05) is 13.3 Å². The highest BCUT2D eigenvalue weighted by atomic mass is 16.5. The molecule has 0 saturated heterocycles. The van der Waals surface area contributed by atoms with E-state index in [0.717, 1.165) is 26.4 Å². The zero-order valence-electron chi connectivity index (χ0n) is 8.62. The molecule has 0 aromatic rings. The van der Waals surface area contributed by atoms with Crippen molar-refractivity contribution < 1.29 is 19.7 Å². The van der Waals surface area contributed by atoms with Crippen LogP contribution in [0.15, 0.2) is 0 Å². The Morgan fingerprint density at radius 3 is 2.31 bits per heavy atom. The number of rotatable bonds is 5. The number of unbranched alkanes of at least 4 members (excludes halogenated alkanes) is 1. The fourth-order valence-corrected chi connectivity index (χ4v) is 0.500. The topological polar surface area (TPSA) is 66.8 Å². The van der Waals surface area contributed by atoms with Gasteiger partial charge in [0.25, 0.3) is 5.97 Å². The minimum atomic E-state index is -0.833. The SMILES string of the molecule is CC(=O)O.CCCCOCC(C)O. The van der Waals surface area contributed by atoms with Gasteiger partial charge in [-0.25, -0.2) is 0 Å². The predicted octanol–water partition coefficient (Wildman–Crippen LogP) is 1.27. The molecule has 0 aliphatic heterocycles. The molecule has 0 spiro atoms. The van der Waals surface area contributed by atoms with Gasteiger partial charge in [0.1, 0.15) is 0 Å². The van der Waals surface area contributed by atoms with Crippen LogP contribution in [-0.4, -0.2) is 35.5 Å². The molecule has 1 unspecified atom stereocenters. The molecule has 0 amide bonds. The zero-order chi connectivity index (χ0) is 10.7. The summed E-state index contributed by atoms with van der Waals surface area (Å²) in [6, 6.07) is 0. The summed E-state index contributed by atoms with van der Waals surface area (Å²) >= 11 is 0. The van der Waals surface area contributed by atoms with Gasteiger partial charge in [0.15, 0.2) is 0 Å². The van der Waals surface area contributed by atoms with Gasteiger partial charge < -0.3 is 14.9 Å².